The lowest BCUT2D eigenvalue weighted by Gasteiger charge is -2.11. The van der Waals surface area contributed by atoms with Crippen LogP contribution in [0, 0.1) is 6.92 Å². The number of aryl methyl sites for hydroxylation is 2. The summed E-state index contributed by atoms with van der Waals surface area (Å²) in [6.07, 6.45) is 3.83. The number of hydrogen-bond acceptors (Lipinski definition) is 3. The zero-order chi connectivity index (χ0) is 23.8. The number of hydrogen-bond donors (Lipinski definition) is 1. The van der Waals surface area contributed by atoms with Crippen molar-refractivity contribution in [3.05, 3.63) is 94.8 Å². The van der Waals surface area contributed by atoms with Crippen LogP contribution in [-0.4, -0.2) is 28.6 Å². The van der Waals surface area contributed by atoms with E-state index in [9.17, 15) is 4.79 Å². The molecule has 0 unspecified atom stereocenters. The predicted octanol–water partition coefficient (Wildman–Crippen LogP) is 6.22. The molecule has 0 fully saturated rings. The van der Waals surface area contributed by atoms with E-state index in [2.05, 4.69) is 41.1 Å². The highest BCUT2D eigenvalue weighted by molar-refractivity contribution is 6.30. The lowest BCUT2D eigenvalue weighted by Crippen LogP contribution is -2.24. The third kappa shape index (κ3) is 6.39. The maximum absolute atomic E-state index is 12.2. The van der Waals surface area contributed by atoms with Gasteiger partial charge in [-0.3, -0.25) is 4.79 Å². The summed E-state index contributed by atoms with van der Waals surface area (Å²) >= 11 is 5.96. The molecule has 34 heavy (non-hydrogen) atoms. The first-order chi connectivity index (χ1) is 16.6. The number of imidazole rings is 1. The van der Waals surface area contributed by atoms with Crippen molar-refractivity contribution in [3.63, 3.8) is 0 Å². The predicted molar refractivity (Wildman–Crippen MR) is 138 cm³/mol. The van der Waals surface area contributed by atoms with Gasteiger partial charge in [-0.05, 0) is 62.2 Å². The molecule has 1 heterocycles. The summed E-state index contributed by atoms with van der Waals surface area (Å²) in [6, 6.07) is 23.4. The number of aromatic nitrogens is 2. The molecule has 3 aromatic carbocycles. The van der Waals surface area contributed by atoms with Crippen LogP contribution in [0.2, 0.25) is 5.02 Å². The molecule has 1 aromatic heterocycles. The quantitative estimate of drug-likeness (QED) is 0.262. The molecule has 0 saturated heterocycles. The van der Waals surface area contributed by atoms with Gasteiger partial charge in [-0.25, -0.2) is 4.98 Å². The number of carbonyl (C=O) groups is 1. The number of carbonyl (C=O) groups excluding carboxylic acids is 1. The monoisotopic (exact) mass is 475 g/mol. The molecular weight excluding hydrogens is 446 g/mol. The van der Waals surface area contributed by atoms with Crippen molar-refractivity contribution in [3.8, 4) is 5.75 Å². The van der Waals surface area contributed by atoms with Crippen LogP contribution in [0.15, 0.2) is 72.8 Å². The van der Waals surface area contributed by atoms with Gasteiger partial charge in [0.2, 0.25) is 0 Å². The molecule has 5 nitrogen and oxygen atoms in total. The first-order valence-electron chi connectivity index (χ1n) is 11.8. The fraction of sp³-hybridized carbons (Fsp3) is 0.286. The molecule has 0 aliphatic heterocycles. The van der Waals surface area contributed by atoms with Crippen LogP contribution in [-0.2, 0) is 13.0 Å². The van der Waals surface area contributed by atoms with E-state index in [1.54, 1.807) is 24.3 Å². The smallest absolute Gasteiger partial charge is 0.251 e. The highest BCUT2D eigenvalue weighted by atomic mass is 35.5. The second kappa shape index (κ2) is 11.7. The van der Waals surface area contributed by atoms with Gasteiger partial charge < -0.3 is 14.6 Å². The van der Waals surface area contributed by atoms with Crippen LogP contribution >= 0.6 is 11.6 Å². The molecule has 176 valence electrons. The molecule has 0 aliphatic carbocycles. The summed E-state index contributed by atoms with van der Waals surface area (Å²) in [5.74, 6) is 1.88. The van der Waals surface area contributed by atoms with Gasteiger partial charge >= 0.3 is 0 Å². The highest BCUT2D eigenvalue weighted by Gasteiger charge is 2.11. The van der Waals surface area contributed by atoms with Gasteiger partial charge in [0, 0.05) is 23.6 Å². The number of rotatable bonds is 11. The molecule has 0 saturated carbocycles. The van der Waals surface area contributed by atoms with E-state index in [1.807, 2.05) is 24.3 Å². The van der Waals surface area contributed by atoms with Crippen molar-refractivity contribution in [2.24, 2.45) is 0 Å². The van der Waals surface area contributed by atoms with Crippen LogP contribution in [0.4, 0.5) is 0 Å². The van der Waals surface area contributed by atoms with Crippen molar-refractivity contribution in [2.75, 3.05) is 13.2 Å². The van der Waals surface area contributed by atoms with Crippen molar-refractivity contribution >= 4 is 28.5 Å². The van der Waals surface area contributed by atoms with Crippen molar-refractivity contribution < 1.29 is 9.53 Å². The topological polar surface area (TPSA) is 56.1 Å². The molecule has 1 N–H and O–H groups in total. The zero-order valence-electron chi connectivity index (χ0n) is 19.5. The van der Waals surface area contributed by atoms with Crippen LogP contribution in [0.25, 0.3) is 11.0 Å². The number of halogens is 1. The lowest BCUT2D eigenvalue weighted by atomic mass is 10.1. The fourth-order valence-corrected chi connectivity index (χ4v) is 4.16. The summed E-state index contributed by atoms with van der Waals surface area (Å²) in [5, 5.41) is 3.54. The Morgan fingerprint density at radius 2 is 1.82 bits per heavy atom. The minimum Gasteiger partial charge on any atom is -0.492 e. The Balaban J connectivity index is 1.26. The Morgan fingerprint density at radius 3 is 2.65 bits per heavy atom. The van der Waals surface area contributed by atoms with Crippen molar-refractivity contribution in [1.82, 2.24) is 14.9 Å². The van der Waals surface area contributed by atoms with Gasteiger partial charge in [0.15, 0.2) is 0 Å². The molecule has 1 amide bonds. The number of fused-ring (bicyclic) bond motifs is 1. The Morgan fingerprint density at radius 1 is 1.00 bits per heavy atom. The van der Waals surface area contributed by atoms with Crippen LogP contribution in [0.5, 0.6) is 5.75 Å². The second-order valence-corrected chi connectivity index (χ2v) is 8.84. The Hall–Kier alpha value is -3.31. The van der Waals surface area contributed by atoms with Gasteiger partial charge in [-0.1, -0.05) is 53.9 Å². The van der Waals surface area contributed by atoms with Crippen LogP contribution in [0.3, 0.4) is 0 Å². The largest absolute Gasteiger partial charge is 0.492 e. The molecule has 4 aromatic rings. The van der Waals surface area contributed by atoms with Crippen molar-refractivity contribution in [2.45, 2.75) is 39.2 Å². The fourth-order valence-electron chi connectivity index (χ4n) is 3.97. The molecule has 4 rings (SSSR count). The Labute approximate surface area is 205 Å². The number of amides is 1. The minimum atomic E-state index is -0.0853. The Bertz CT molecular complexity index is 1230. The average molecular weight is 476 g/mol. The first kappa shape index (κ1) is 23.8. The maximum atomic E-state index is 12.2. The normalized spacial score (nSPS) is 11.0. The van der Waals surface area contributed by atoms with Crippen molar-refractivity contribution in [1.29, 1.82) is 0 Å². The number of nitrogens with one attached hydrogen (secondary N) is 1. The molecule has 0 bridgehead atoms. The van der Waals surface area contributed by atoms with Gasteiger partial charge in [0.05, 0.1) is 17.6 Å². The maximum Gasteiger partial charge on any atom is 0.251 e. The lowest BCUT2D eigenvalue weighted by molar-refractivity contribution is 0.0953. The third-order valence-electron chi connectivity index (χ3n) is 5.79. The van der Waals surface area contributed by atoms with E-state index in [4.69, 9.17) is 21.3 Å². The molecule has 0 spiro atoms. The van der Waals surface area contributed by atoms with Crippen LogP contribution in [0.1, 0.15) is 41.0 Å². The number of para-hydroxylation sites is 2. The molecule has 0 radical (unpaired) electrons. The van der Waals surface area contributed by atoms with Gasteiger partial charge in [0.1, 0.15) is 18.2 Å². The van der Waals surface area contributed by atoms with E-state index >= 15 is 0 Å². The number of ether oxygens (including phenoxy) is 1. The number of unbranched alkanes of at least 4 members (excludes halogenated alkanes) is 2. The number of nitrogens with zero attached hydrogens (tertiary/aromatic N) is 2. The van der Waals surface area contributed by atoms with E-state index in [0.717, 1.165) is 54.8 Å². The molecule has 6 heteroatoms. The SMILES string of the molecule is Cc1ccc(OCCn2c(CCCCCNC(=O)c3cccc(Cl)c3)nc3ccccc32)cc1. The van der Waals surface area contributed by atoms with E-state index in [0.29, 0.717) is 23.7 Å². The van der Waals surface area contributed by atoms with Gasteiger partial charge in [-0.2, -0.15) is 0 Å². The summed E-state index contributed by atoms with van der Waals surface area (Å²) in [5.41, 5.74) is 3.97. The van der Waals surface area contributed by atoms with Crippen LogP contribution < -0.4 is 10.1 Å². The minimum absolute atomic E-state index is 0.0853. The number of benzene rings is 3. The van der Waals surface area contributed by atoms with E-state index < -0.39 is 0 Å². The summed E-state index contributed by atoms with van der Waals surface area (Å²) in [6.45, 7) is 4.05. The standard InChI is InChI=1S/C28H30ClN3O2/c1-21-13-15-24(16-14-21)34-19-18-32-26-11-5-4-10-25(26)31-27(32)12-3-2-6-17-30-28(33)22-8-7-9-23(29)20-22/h4-5,7-11,13-16,20H,2-3,6,12,17-19H2,1H3,(H,30,33). The van der Waals surface area contributed by atoms with E-state index in [-0.39, 0.29) is 5.91 Å². The van der Waals surface area contributed by atoms with Gasteiger partial charge in [-0.15, -0.1) is 0 Å². The molecular formula is C28H30ClN3O2. The van der Waals surface area contributed by atoms with E-state index in [1.165, 1.54) is 5.56 Å². The molecule has 0 aliphatic rings. The summed E-state index contributed by atoms with van der Waals surface area (Å²) in [4.78, 5) is 17.1. The first-order valence-corrected chi connectivity index (χ1v) is 12.2. The summed E-state index contributed by atoms with van der Waals surface area (Å²) < 4.78 is 8.23. The summed E-state index contributed by atoms with van der Waals surface area (Å²) in [7, 11) is 0. The third-order valence-corrected chi connectivity index (χ3v) is 6.02. The zero-order valence-corrected chi connectivity index (χ0v) is 20.2. The molecule has 0 atom stereocenters. The highest BCUT2D eigenvalue weighted by Crippen LogP contribution is 2.19. The average Bonchev–Trinajstić information content (AvgIpc) is 3.20. The second-order valence-electron chi connectivity index (χ2n) is 8.41. The van der Waals surface area contributed by atoms with Gasteiger partial charge in [0.25, 0.3) is 5.91 Å². The Kier molecular flexibility index (Phi) is 8.21.